The molecule has 0 aliphatic rings. The maximum absolute atomic E-state index is 14.2. The predicted octanol–water partition coefficient (Wildman–Crippen LogP) is 4.49. The molecule has 0 aliphatic heterocycles. The monoisotopic (exact) mass is 351 g/mol. The lowest BCUT2D eigenvalue weighted by Crippen LogP contribution is -2.43. The molecule has 6 nitrogen and oxygen atoms in total. The number of benzene rings is 1. The molecule has 0 unspecified atom stereocenters. The number of nitrogens with zero attached hydrogens (tertiary/aromatic N) is 2. The summed E-state index contributed by atoms with van der Waals surface area (Å²) in [5.41, 5.74) is 0.435. The van der Waals surface area contributed by atoms with E-state index in [9.17, 15) is 9.18 Å². The number of imidazole rings is 1. The molecule has 0 saturated carbocycles. The maximum Gasteiger partial charge on any atom is 0.409 e. The van der Waals surface area contributed by atoms with Gasteiger partial charge in [0.2, 0.25) is 5.88 Å². The van der Waals surface area contributed by atoms with Crippen LogP contribution in [0.3, 0.4) is 0 Å². The van der Waals surface area contributed by atoms with Crippen molar-refractivity contribution < 1.29 is 18.7 Å². The SMILES string of the molecule is CC(C)(C)[Si](C)(C)Oc1cn(-c2ccc(NC(=O)O)cc2F)cn1. The van der Waals surface area contributed by atoms with Gasteiger partial charge in [0, 0.05) is 5.69 Å². The molecule has 0 aliphatic carbocycles. The third-order valence-electron chi connectivity index (χ3n) is 4.20. The lowest BCUT2D eigenvalue weighted by Gasteiger charge is -2.35. The second-order valence-electron chi connectivity index (χ2n) is 7.08. The first-order valence-electron chi connectivity index (χ1n) is 7.52. The fraction of sp³-hybridized carbons (Fsp3) is 0.375. The topological polar surface area (TPSA) is 76.4 Å². The molecule has 1 aromatic heterocycles. The van der Waals surface area contributed by atoms with Crippen molar-refractivity contribution in [2.24, 2.45) is 0 Å². The van der Waals surface area contributed by atoms with E-state index >= 15 is 0 Å². The first-order chi connectivity index (χ1) is 11.0. The summed E-state index contributed by atoms with van der Waals surface area (Å²) in [6, 6.07) is 4.09. The zero-order chi connectivity index (χ0) is 18.1. The lowest BCUT2D eigenvalue weighted by atomic mass is 10.2. The second kappa shape index (κ2) is 6.27. The molecule has 0 spiro atoms. The summed E-state index contributed by atoms with van der Waals surface area (Å²) in [7, 11) is -2.02. The van der Waals surface area contributed by atoms with Gasteiger partial charge < -0.3 is 9.53 Å². The number of hydrogen-bond donors (Lipinski definition) is 2. The zero-order valence-corrected chi connectivity index (χ0v) is 15.4. The summed E-state index contributed by atoms with van der Waals surface area (Å²) < 4.78 is 21.8. The summed E-state index contributed by atoms with van der Waals surface area (Å²) in [6.45, 7) is 10.6. The van der Waals surface area contributed by atoms with Crippen molar-refractivity contribution in [3.63, 3.8) is 0 Å². The molecule has 0 saturated heterocycles. The van der Waals surface area contributed by atoms with E-state index in [1.54, 1.807) is 6.20 Å². The predicted molar refractivity (Wildman–Crippen MR) is 93.0 cm³/mol. The molecule has 1 aromatic carbocycles. The number of aromatic nitrogens is 2. The molecule has 1 amide bonds. The lowest BCUT2D eigenvalue weighted by molar-refractivity contribution is 0.209. The Morgan fingerprint density at radius 2 is 2.04 bits per heavy atom. The Hall–Kier alpha value is -2.35. The van der Waals surface area contributed by atoms with Gasteiger partial charge in [-0.2, -0.15) is 0 Å². The van der Waals surface area contributed by atoms with Crippen molar-refractivity contribution in [3.05, 3.63) is 36.5 Å². The van der Waals surface area contributed by atoms with Gasteiger partial charge in [-0.3, -0.25) is 9.88 Å². The minimum Gasteiger partial charge on any atom is -0.530 e. The second-order valence-corrected chi connectivity index (χ2v) is 11.8. The Labute approximate surface area is 141 Å². The van der Waals surface area contributed by atoms with Gasteiger partial charge in [0.1, 0.15) is 12.1 Å². The van der Waals surface area contributed by atoms with E-state index in [4.69, 9.17) is 9.53 Å². The van der Waals surface area contributed by atoms with Crippen LogP contribution < -0.4 is 9.74 Å². The highest BCUT2D eigenvalue weighted by atomic mass is 28.4. The number of halogens is 1. The van der Waals surface area contributed by atoms with Crippen LogP contribution in [0.25, 0.3) is 5.69 Å². The Kier molecular flexibility index (Phi) is 4.70. The molecule has 0 atom stereocenters. The van der Waals surface area contributed by atoms with Crippen LogP contribution in [0.4, 0.5) is 14.9 Å². The van der Waals surface area contributed by atoms with E-state index in [1.807, 2.05) is 0 Å². The van der Waals surface area contributed by atoms with E-state index < -0.39 is 20.2 Å². The van der Waals surface area contributed by atoms with E-state index in [-0.39, 0.29) is 16.4 Å². The molecule has 8 heteroatoms. The molecular weight excluding hydrogens is 329 g/mol. The third-order valence-corrected chi connectivity index (χ3v) is 8.53. The van der Waals surface area contributed by atoms with E-state index in [0.29, 0.717) is 5.88 Å². The van der Waals surface area contributed by atoms with Crippen molar-refractivity contribution in [3.8, 4) is 11.6 Å². The highest BCUT2D eigenvalue weighted by Gasteiger charge is 2.39. The number of carbonyl (C=O) groups is 1. The molecule has 0 fully saturated rings. The zero-order valence-electron chi connectivity index (χ0n) is 14.4. The average Bonchev–Trinajstić information content (AvgIpc) is 2.84. The van der Waals surface area contributed by atoms with Crippen molar-refractivity contribution in [1.29, 1.82) is 0 Å². The first kappa shape index (κ1) is 18.0. The molecule has 1 heterocycles. The quantitative estimate of drug-likeness (QED) is 0.796. The van der Waals surface area contributed by atoms with E-state index in [0.717, 1.165) is 6.07 Å². The Morgan fingerprint density at radius 3 is 2.58 bits per heavy atom. The molecule has 130 valence electrons. The van der Waals surface area contributed by atoms with Crippen LogP contribution in [0.2, 0.25) is 18.1 Å². The summed E-state index contributed by atoms with van der Waals surface area (Å²) in [4.78, 5) is 14.8. The Morgan fingerprint density at radius 1 is 1.38 bits per heavy atom. The molecule has 0 bridgehead atoms. The van der Waals surface area contributed by atoms with E-state index in [1.165, 1.54) is 23.0 Å². The fourth-order valence-corrected chi connectivity index (χ4v) is 2.76. The smallest absolute Gasteiger partial charge is 0.409 e. The van der Waals surface area contributed by atoms with E-state index in [2.05, 4.69) is 44.2 Å². The highest BCUT2D eigenvalue weighted by Crippen LogP contribution is 2.37. The molecule has 2 N–H and O–H groups in total. The first-order valence-corrected chi connectivity index (χ1v) is 10.4. The van der Waals surface area contributed by atoms with Gasteiger partial charge in [-0.05, 0) is 36.3 Å². The van der Waals surface area contributed by atoms with Crippen molar-refractivity contribution >= 4 is 20.1 Å². The van der Waals surface area contributed by atoms with Crippen LogP contribution in [0.5, 0.6) is 5.88 Å². The molecule has 0 radical (unpaired) electrons. The number of anilines is 1. The Bertz CT molecular complexity index is 753. The van der Waals surface area contributed by atoms with Crippen molar-refractivity contribution in [2.75, 3.05) is 5.32 Å². The van der Waals surface area contributed by atoms with Crippen LogP contribution in [-0.4, -0.2) is 29.1 Å². The normalized spacial score (nSPS) is 12.1. The third kappa shape index (κ3) is 3.94. The number of hydrogen-bond acceptors (Lipinski definition) is 3. The number of carboxylic acid groups (broad SMARTS) is 1. The van der Waals surface area contributed by atoms with Gasteiger partial charge in [0.25, 0.3) is 8.32 Å². The number of nitrogens with one attached hydrogen (secondary N) is 1. The standard InChI is InChI=1S/C16H22FN3O3Si/c1-16(2,3)24(4,5)23-14-9-20(10-18-14)13-7-6-11(8-12(13)17)19-15(21)22/h6-10,19H,1-5H3,(H,21,22). The maximum atomic E-state index is 14.2. The van der Waals surface area contributed by atoms with Crippen LogP contribution in [0, 0.1) is 5.82 Å². The highest BCUT2D eigenvalue weighted by molar-refractivity contribution is 6.74. The largest absolute Gasteiger partial charge is 0.530 e. The molecule has 24 heavy (non-hydrogen) atoms. The van der Waals surface area contributed by atoms with Crippen molar-refractivity contribution in [1.82, 2.24) is 9.55 Å². The number of rotatable bonds is 4. The van der Waals surface area contributed by atoms with Crippen LogP contribution in [0.15, 0.2) is 30.7 Å². The van der Waals surface area contributed by atoms with Gasteiger partial charge >= 0.3 is 6.09 Å². The molecular formula is C16H22FN3O3Si. The van der Waals surface area contributed by atoms with Gasteiger partial charge in [0.15, 0.2) is 0 Å². The summed E-state index contributed by atoms with van der Waals surface area (Å²) in [5.74, 6) is -0.105. The van der Waals surface area contributed by atoms with Crippen LogP contribution in [0.1, 0.15) is 20.8 Å². The van der Waals surface area contributed by atoms with Gasteiger partial charge in [-0.1, -0.05) is 20.8 Å². The minimum atomic E-state index is -2.02. The van der Waals surface area contributed by atoms with Crippen LogP contribution >= 0.6 is 0 Å². The minimum absolute atomic E-state index is 0.0339. The summed E-state index contributed by atoms with van der Waals surface area (Å²) in [5, 5.41) is 10.8. The fourth-order valence-electron chi connectivity index (χ4n) is 1.82. The van der Waals surface area contributed by atoms with Gasteiger partial charge in [-0.15, -0.1) is 0 Å². The summed E-state index contributed by atoms with van der Waals surface area (Å²) >= 11 is 0. The Balaban J connectivity index is 2.23. The average molecular weight is 351 g/mol. The molecule has 2 rings (SSSR count). The number of amides is 1. The summed E-state index contributed by atoms with van der Waals surface area (Å²) in [6.07, 6.45) is 1.86. The van der Waals surface area contributed by atoms with Gasteiger partial charge in [0.05, 0.1) is 11.9 Å². The van der Waals surface area contributed by atoms with Crippen molar-refractivity contribution in [2.45, 2.75) is 38.9 Å². The van der Waals surface area contributed by atoms with Crippen LogP contribution in [-0.2, 0) is 0 Å². The van der Waals surface area contributed by atoms with Gasteiger partial charge in [-0.25, -0.2) is 14.2 Å². The molecule has 2 aromatic rings.